The van der Waals surface area contributed by atoms with E-state index in [9.17, 15) is 33.8 Å². The van der Waals surface area contributed by atoms with Gasteiger partial charge in [0.25, 0.3) is 0 Å². The van der Waals surface area contributed by atoms with Crippen LogP contribution in [-0.2, 0) is 41.8 Å². The first-order valence-electron chi connectivity index (χ1n) is 23.3. The van der Waals surface area contributed by atoms with Gasteiger partial charge < -0.3 is 34.4 Å². The Bertz CT molecular complexity index is 1310. The highest BCUT2D eigenvalue weighted by Crippen LogP contribution is 2.43. The third-order valence-electron chi connectivity index (χ3n) is 9.72. The zero-order chi connectivity index (χ0) is 46.2. The van der Waals surface area contributed by atoms with Gasteiger partial charge in [0.05, 0.1) is 25.9 Å². The van der Waals surface area contributed by atoms with Crippen LogP contribution in [0, 0.1) is 5.92 Å². The lowest BCUT2D eigenvalue weighted by Gasteiger charge is -2.20. The molecule has 62 heavy (non-hydrogen) atoms. The molecule has 0 fully saturated rings. The Morgan fingerprint density at radius 3 is 1.74 bits per heavy atom. The van der Waals surface area contributed by atoms with Crippen molar-refractivity contribution in [1.82, 2.24) is 0 Å². The summed E-state index contributed by atoms with van der Waals surface area (Å²) in [5, 5.41) is 19.8. The average Bonchev–Trinajstić information content (AvgIpc) is 3.21. The van der Waals surface area contributed by atoms with Crippen LogP contribution in [0.2, 0.25) is 0 Å². The van der Waals surface area contributed by atoms with Crippen LogP contribution >= 0.6 is 15.6 Å². The highest BCUT2D eigenvalue weighted by molar-refractivity contribution is 7.47. The van der Waals surface area contributed by atoms with Crippen molar-refractivity contribution in [2.75, 3.05) is 26.4 Å². The molecule has 4 atom stereocenters. The molecule has 0 aliphatic rings. The molecule has 14 nitrogen and oxygen atoms in total. The molecular formula is C46H84O14P2. The lowest BCUT2D eigenvalue weighted by atomic mass is 10.0. The van der Waals surface area contributed by atoms with E-state index in [1.807, 2.05) is 36.5 Å². The number of carbonyl (C=O) groups excluding carboxylic acids is 2. The van der Waals surface area contributed by atoms with E-state index in [0.29, 0.717) is 32.1 Å². The van der Waals surface area contributed by atoms with Gasteiger partial charge in [-0.05, 0) is 50.9 Å². The number of aliphatic hydroxyl groups is 2. The molecule has 0 rings (SSSR count). The fourth-order valence-corrected chi connectivity index (χ4v) is 7.29. The average molecular weight is 923 g/mol. The fourth-order valence-electron chi connectivity index (χ4n) is 6.14. The number of hydrogen-bond acceptors (Lipinski definition) is 11. The van der Waals surface area contributed by atoms with Crippen LogP contribution in [0.25, 0.3) is 0 Å². The van der Waals surface area contributed by atoms with Crippen LogP contribution in [0.5, 0.6) is 0 Å². The molecule has 0 aliphatic carbocycles. The Hall–Kier alpha value is -1.96. The number of carbonyl (C=O) groups is 2. The van der Waals surface area contributed by atoms with Crippen molar-refractivity contribution in [3.8, 4) is 0 Å². The Labute approximate surface area is 373 Å². The van der Waals surface area contributed by atoms with Crippen LogP contribution in [0.4, 0.5) is 0 Å². The predicted molar refractivity (Wildman–Crippen MR) is 245 cm³/mol. The minimum atomic E-state index is -4.88. The summed E-state index contributed by atoms with van der Waals surface area (Å²) in [6.07, 6.45) is 37.1. The number of phosphoric ester groups is 2. The van der Waals surface area contributed by atoms with Crippen LogP contribution < -0.4 is 0 Å². The lowest BCUT2D eigenvalue weighted by molar-refractivity contribution is -0.161. The van der Waals surface area contributed by atoms with Crippen molar-refractivity contribution in [3.05, 3.63) is 48.6 Å². The van der Waals surface area contributed by atoms with Gasteiger partial charge in [-0.15, -0.1) is 0 Å². The third kappa shape index (κ3) is 44.6. The SMILES string of the molecule is CCCCC/C=C\C=C/[C@H](O)C/C=C\C/C=C/CCCC(=O)O[C@H](COC(=O)CCCCCCCCCCCCCCCCC(C)C)COP(=O)(O)OC[C@@H](O)COP(=O)(O)O. The number of ether oxygens (including phenoxy) is 2. The largest absolute Gasteiger partial charge is 0.472 e. The lowest BCUT2D eigenvalue weighted by Crippen LogP contribution is -2.29. The van der Waals surface area contributed by atoms with Crippen LogP contribution in [0.1, 0.15) is 181 Å². The summed E-state index contributed by atoms with van der Waals surface area (Å²) < 4.78 is 47.8. The fraction of sp³-hybridized carbons (Fsp3) is 0.783. The number of esters is 2. The van der Waals surface area contributed by atoms with E-state index in [1.54, 1.807) is 6.08 Å². The number of allylic oxidation sites excluding steroid dienone is 6. The van der Waals surface area contributed by atoms with Crippen molar-refractivity contribution >= 4 is 27.6 Å². The van der Waals surface area contributed by atoms with Crippen molar-refractivity contribution < 1.29 is 66.7 Å². The maximum Gasteiger partial charge on any atom is 0.472 e. The van der Waals surface area contributed by atoms with Crippen molar-refractivity contribution in [2.45, 2.75) is 200 Å². The number of phosphoric acid groups is 2. The minimum absolute atomic E-state index is 0.0218. The molecule has 0 aromatic heterocycles. The van der Waals surface area contributed by atoms with Gasteiger partial charge in [-0.1, -0.05) is 172 Å². The molecular weight excluding hydrogens is 838 g/mol. The second kappa shape index (κ2) is 40.5. The first kappa shape index (κ1) is 60.0. The predicted octanol–water partition coefficient (Wildman–Crippen LogP) is 11.1. The Morgan fingerprint density at radius 2 is 1.13 bits per heavy atom. The molecule has 0 spiro atoms. The third-order valence-corrected chi connectivity index (χ3v) is 11.2. The summed E-state index contributed by atoms with van der Waals surface area (Å²) >= 11 is 0. The molecule has 0 aliphatic heterocycles. The summed E-state index contributed by atoms with van der Waals surface area (Å²) in [6, 6.07) is 0. The van der Waals surface area contributed by atoms with Gasteiger partial charge in [-0.25, -0.2) is 9.13 Å². The molecule has 16 heteroatoms. The number of unbranched alkanes of at least 4 members (excludes halogenated alkanes) is 17. The van der Waals surface area contributed by atoms with Gasteiger partial charge in [0.2, 0.25) is 0 Å². The van der Waals surface area contributed by atoms with E-state index in [2.05, 4.69) is 35.9 Å². The minimum Gasteiger partial charge on any atom is -0.462 e. The number of aliphatic hydroxyl groups excluding tert-OH is 2. The van der Waals surface area contributed by atoms with Gasteiger partial charge >= 0.3 is 27.6 Å². The molecule has 0 bridgehead atoms. The smallest absolute Gasteiger partial charge is 0.462 e. The van der Waals surface area contributed by atoms with Crippen LogP contribution in [-0.4, -0.2) is 81.6 Å². The maximum absolute atomic E-state index is 12.7. The molecule has 0 saturated heterocycles. The van der Waals surface area contributed by atoms with E-state index in [1.165, 1.54) is 89.9 Å². The van der Waals surface area contributed by atoms with E-state index in [0.717, 1.165) is 31.6 Å². The summed E-state index contributed by atoms with van der Waals surface area (Å²) in [5.41, 5.74) is 0. The van der Waals surface area contributed by atoms with Gasteiger partial charge in [0.1, 0.15) is 12.7 Å². The zero-order valence-electron chi connectivity index (χ0n) is 38.2. The summed E-state index contributed by atoms with van der Waals surface area (Å²) in [7, 11) is -9.72. The highest BCUT2D eigenvalue weighted by Gasteiger charge is 2.28. The molecule has 362 valence electrons. The van der Waals surface area contributed by atoms with E-state index in [4.69, 9.17) is 23.8 Å². The molecule has 1 unspecified atom stereocenters. The van der Waals surface area contributed by atoms with E-state index < -0.39 is 72.3 Å². The highest BCUT2D eigenvalue weighted by atomic mass is 31.2. The van der Waals surface area contributed by atoms with Gasteiger partial charge in [-0.3, -0.25) is 23.2 Å². The van der Waals surface area contributed by atoms with E-state index in [-0.39, 0.29) is 12.8 Å². The van der Waals surface area contributed by atoms with Crippen LogP contribution in [0.3, 0.4) is 0 Å². The maximum atomic E-state index is 12.7. The first-order chi connectivity index (χ1) is 29.6. The van der Waals surface area contributed by atoms with Crippen LogP contribution in [0.15, 0.2) is 48.6 Å². The standard InChI is InChI=1S/C46H84O14P2/c1-4-5-6-7-17-23-28-33-42(47)34-29-24-19-16-21-26-31-36-46(50)60-44(40-59-62(54,55)58-38-43(48)37-57-61(51,52)53)39-56-45(49)35-30-25-20-15-13-11-9-8-10-12-14-18-22-27-32-41(2)3/h16-17,21,23-24,28-29,33,41-44,47-48H,4-15,18-20,22,25-27,30-32,34-40H2,1-3H3,(H,54,55)(H2,51,52,53)/b21-16+,23-17-,29-24-,33-28-/t42-,43-,44+/m0/s1. The summed E-state index contributed by atoms with van der Waals surface area (Å²) in [6.45, 7) is 3.92. The van der Waals surface area contributed by atoms with Crippen molar-refractivity contribution in [1.29, 1.82) is 0 Å². The molecule has 0 aromatic rings. The van der Waals surface area contributed by atoms with Gasteiger partial charge in [0, 0.05) is 12.8 Å². The molecule has 0 amide bonds. The quantitative estimate of drug-likeness (QED) is 0.0126. The van der Waals surface area contributed by atoms with Gasteiger partial charge in [-0.2, -0.15) is 0 Å². The normalized spacial score (nSPS) is 15.0. The number of rotatable bonds is 43. The topological polar surface area (TPSA) is 216 Å². The monoisotopic (exact) mass is 923 g/mol. The first-order valence-corrected chi connectivity index (χ1v) is 26.3. The molecule has 0 aromatic carbocycles. The zero-order valence-corrected chi connectivity index (χ0v) is 40.0. The molecule has 0 heterocycles. The second-order valence-electron chi connectivity index (χ2n) is 16.4. The van der Waals surface area contributed by atoms with Gasteiger partial charge in [0.15, 0.2) is 6.10 Å². The summed E-state index contributed by atoms with van der Waals surface area (Å²) in [4.78, 5) is 52.8. The Balaban J connectivity index is 4.61. The molecule has 5 N–H and O–H groups in total. The Morgan fingerprint density at radius 1 is 0.581 bits per heavy atom. The molecule has 0 saturated carbocycles. The van der Waals surface area contributed by atoms with E-state index >= 15 is 0 Å². The Kier molecular flexibility index (Phi) is 39.3. The summed E-state index contributed by atoms with van der Waals surface area (Å²) in [5.74, 6) is -0.329. The number of hydrogen-bond donors (Lipinski definition) is 5. The van der Waals surface area contributed by atoms with Crippen molar-refractivity contribution in [2.24, 2.45) is 5.92 Å². The van der Waals surface area contributed by atoms with Crippen molar-refractivity contribution in [3.63, 3.8) is 0 Å². The molecule has 0 radical (unpaired) electrons. The second-order valence-corrected chi connectivity index (χ2v) is 19.1.